The lowest BCUT2D eigenvalue weighted by molar-refractivity contribution is -0.139. The van der Waals surface area contributed by atoms with Crippen LogP contribution >= 0.6 is 23.2 Å². The number of sulfonamides is 1. The maximum absolute atomic E-state index is 13.9. The topological polar surface area (TPSA) is 105 Å². The maximum Gasteiger partial charge on any atom is 0.244 e. The Morgan fingerprint density at radius 2 is 1.77 bits per heavy atom. The molecule has 1 heterocycles. The summed E-state index contributed by atoms with van der Waals surface area (Å²) >= 11 is 12.5. The smallest absolute Gasteiger partial charge is 0.244 e. The fraction of sp³-hybridized carbons (Fsp3) is 0.481. The standard InChI is InChI=1S/C27H33Cl2N3O6S/c1-3-39(35,36)32(22-11-12-24-25(14-22)38-17-37-24)16-26(33)31(15-19-9-10-20(28)13-23(19)29)18(2)27(34)30-21-7-5-4-6-8-21/h9-14,18,21H,3-8,15-17H2,1-2H3,(H,30,34)/t18-/m1/s1. The molecule has 0 bridgehead atoms. The van der Waals surface area contributed by atoms with Gasteiger partial charge in [0.05, 0.1) is 11.4 Å². The lowest BCUT2D eigenvalue weighted by Crippen LogP contribution is -2.53. The van der Waals surface area contributed by atoms with Crippen molar-refractivity contribution in [2.45, 2.75) is 64.6 Å². The van der Waals surface area contributed by atoms with Gasteiger partial charge in [-0.2, -0.15) is 0 Å². The Morgan fingerprint density at radius 1 is 1.05 bits per heavy atom. The van der Waals surface area contributed by atoms with Gasteiger partial charge in [-0.1, -0.05) is 48.5 Å². The molecule has 1 aliphatic heterocycles. The number of benzene rings is 2. The molecule has 2 aliphatic rings. The van der Waals surface area contributed by atoms with Gasteiger partial charge >= 0.3 is 0 Å². The van der Waals surface area contributed by atoms with Crippen LogP contribution in [0.4, 0.5) is 5.69 Å². The van der Waals surface area contributed by atoms with E-state index in [1.807, 2.05) is 0 Å². The third-order valence-electron chi connectivity index (χ3n) is 7.10. The Labute approximate surface area is 239 Å². The summed E-state index contributed by atoms with van der Waals surface area (Å²) in [7, 11) is -3.87. The summed E-state index contributed by atoms with van der Waals surface area (Å²) in [6.45, 7) is 2.66. The molecule has 9 nitrogen and oxygen atoms in total. The van der Waals surface area contributed by atoms with Crippen molar-refractivity contribution >= 4 is 50.7 Å². The number of halogens is 2. The van der Waals surface area contributed by atoms with Crippen LogP contribution in [0.25, 0.3) is 0 Å². The summed E-state index contributed by atoms with van der Waals surface area (Å²) < 4.78 is 38.1. The first-order chi connectivity index (χ1) is 18.6. The fourth-order valence-electron chi connectivity index (χ4n) is 4.74. The zero-order chi connectivity index (χ0) is 28.2. The molecule has 1 fully saturated rings. The van der Waals surface area contributed by atoms with Crippen LogP contribution in [-0.2, 0) is 26.2 Å². The molecule has 212 valence electrons. The predicted molar refractivity (Wildman–Crippen MR) is 151 cm³/mol. The van der Waals surface area contributed by atoms with E-state index in [2.05, 4.69) is 5.32 Å². The lowest BCUT2D eigenvalue weighted by atomic mass is 9.95. The van der Waals surface area contributed by atoms with Gasteiger partial charge in [0.25, 0.3) is 0 Å². The molecule has 0 aromatic heterocycles. The molecule has 39 heavy (non-hydrogen) atoms. The molecule has 12 heteroatoms. The van der Waals surface area contributed by atoms with Crippen molar-refractivity contribution in [3.05, 3.63) is 52.0 Å². The van der Waals surface area contributed by atoms with Gasteiger partial charge in [0.15, 0.2) is 11.5 Å². The number of carbonyl (C=O) groups excluding carboxylic acids is 2. The normalized spacial score (nSPS) is 16.0. The molecule has 2 aromatic rings. The Kier molecular flexibility index (Phi) is 9.51. The second-order valence-electron chi connectivity index (χ2n) is 9.72. The average molecular weight is 599 g/mol. The van der Waals surface area contributed by atoms with Gasteiger partial charge in [0.1, 0.15) is 12.6 Å². The predicted octanol–water partition coefficient (Wildman–Crippen LogP) is 4.74. The van der Waals surface area contributed by atoms with Gasteiger partial charge in [0.2, 0.25) is 28.6 Å². The number of fused-ring (bicyclic) bond motifs is 1. The van der Waals surface area contributed by atoms with Crippen LogP contribution in [0.3, 0.4) is 0 Å². The van der Waals surface area contributed by atoms with E-state index in [4.69, 9.17) is 32.7 Å². The number of amides is 2. The number of anilines is 1. The molecular formula is C27H33Cl2N3O6S. The number of hydrogen-bond donors (Lipinski definition) is 1. The summed E-state index contributed by atoms with van der Waals surface area (Å²) in [5.74, 6) is -0.197. The van der Waals surface area contributed by atoms with Crippen LogP contribution in [-0.4, -0.2) is 56.3 Å². The Hall–Kier alpha value is -2.69. The zero-order valence-corrected chi connectivity index (χ0v) is 24.3. The molecular weight excluding hydrogens is 565 g/mol. The van der Waals surface area contributed by atoms with Crippen LogP contribution in [0.2, 0.25) is 10.0 Å². The third-order valence-corrected chi connectivity index (χ3v) is 9.43. The molecule has 4 rings (SSSR count). The minimum Gasteiger partial charge on any atom is -0.454 e. The van der Waals surface area contributed by atoms with E-state index >= 15 is 0 Å². The van der Waals surface area contributed by atoms with E-state index in [9.17, 15) is 18.0 Å². The van der Waals surface area contributed by atoms with E-state index in [-0.39, 0.29) is 36.7 Å². The molecule has 1 aliphatic carbocycles. The van der Waals surface area contributed by atoms with Gasteiger partial charge in [-0.05, 0) is 56.5 Å². The van der Waals surface area contributed by atoms with Gasteiger partial charge < -0.3 is 19.7 Å². The quantitative estimate of drug-likeness (QED) is 0.424. The first-order valence-corrected chi connectivity index (χ1v) is 15.4. The minimum absolute atomic E-state index is 0.00472. The van der Waals surface area contributed by atoms with Crippen LogP contribution in [0, 0.1) is 0 Å². The molecule has 0 spiro atoms. The maximum atomic E-state index is 13.9. The molecule has 0 saturated heterocycles. The third kappa shape index (κ3) is 7.10. The van der Waals surface area contributed by atoms with Crippen molar-refractivity contribution in [2.75, 3.05) is 23.4 Å². The van der Waals surface area contributed by atoms with E-state index < -0.39 is 28.5 Å². The highest BCUT2D eigenvalue weighted by Crippen LogP contribution is 2.36. The van der Waals surface area contributed by atoms with Gasteiger partial charge in [-0.15, -0.1) is 0 Å². The highest BCUT2D eigenvalue weighted by atomic mass is 35.5. The largest absolute Gasteiger partial charge is 0.454 e. The average Bonchev–Trinajstić information content (AvgIpc) is 3.39. The number of carbonyl (C=O) groups is 2. The number of nitrogens with zero attached hydrogens (tertiary/aromatic N) is 2. The molecule has 2 amide bonds. The van der Waals surface area contributed by atoms with Crippen molar-refractivity contribution in [2.24, 2.45) is 0 Å². The first-order valence-electron chi connectivity index (χ1n) is 13.0. The number of hydrogen-bond acceptors (Lipinski definition) is 6. The summed E-state index contributed by atoms with van der Waals surface area (Å²) in [6.07, 6.45) is 5.01. The van der Waals surface area contributed by atoms with Gasteiger partial charge in [-0.25, -0.2) is 8.42 Å². The number of nitrogens with one attached hydrogen (secondary N) is 1. The monoisotopic (exact) mass is 597 g/mol. The van der Waals surface area contributed by atoms with Crippen molar-refractivity contribution in [3.63, 3.8) is 0 Å². The lowest BCUT2D eigenvalue weighted by Gasteiger charge is -2.33. The van der Waals surface area contributed by atoms with Crippen LogP contribution in [0.5, 0.6) is 11.5 Å². The number of rotatable bonds is 10. The Bertz CT molecular complexity index is 1320. The Balaban J connectivity index is 1.63. The molecule has 1 saturated carbocycles. The molecule has 1 N–H and O–H groups in total. The summed E-state index contributed by atoms with van der Waals surface area (Å²) in [5, 5.41) is 3.85. The second kappa shape index (κ2) is 12.7. The van der Waals surface area contributed by atoms with Gasteiger partial charge in [-0.3, -0.25) is 13.9 Å². The van der Waals surface area contributed by atoms with E-state index in [0.29, 0.717) is 27.1 Å². The SMILES string of the molecule is CCS(=O)(=O)N(CC(=O)N(Cc1ccc(Cl)cc1Cl)[C@H](C)C(=O)NC1CCCCC1)c1ccc2c(c1)OCO2. The van der Waals surface area contributed by atoms with Crippen molar-refractivity contribution < 1.29 is 27.5 Å². The first kappa shape index (κ1) is 29.3. The van der Waals surface area contributed by atoms with Crippen LogP contribution in [0.15, 0.2) is 36.4 Å². The highest BCUT2D eigenvalue weighted by molar-refractivity contribution is 7.92. The summed E-state index contributed by atoms with van der Waals surface area (Å²) in [6, 6.07) is 8.77. The second-order valence-corrected chi connectivity index (χ2v) is 12.7. The van der Waals surface area contributed by atoms with Crippen molar-refractivity contribution in [3.8, 4) is 11.5 Å². The van der Waals surface area contributed by atoms with Gasteiger partial charge in [0, 0.05) is 28.7 Å². The van der Waals surface area contributed by atoms with Crippen molar-refractivity contribution in [1.82, 2.24) is 10.2 Å². The number of ether oxygens (including phenoxy) is 2. The van der Waals surface area contributed by atoms with E-state index in [0.717, 1.165) is 36.4 Å². The van der Waals surface area contributed by atoms with Crippen molar-refractivity contribution in [1.29, 1.82) is 0 Å². The summed E-state index contributed by atoms with van der Waals surface area (Å²) in [5.41, 5.74) is 0.845. The molecule has 0 radical (unpaired) electrons. The summed E-state index contributed by atoms with van der Waals surface area (Å²) in [4.78, 5) is 28.5. The fourth-order valence-corrected chi connectivity index (χ4v) is 6.27. The Morgan fingerprint density at radius 3 is 2.46 bits per heavy atom. The van der Waals surface area contributed by atoms with Crippen LogP contribution < -0.4 is 19.1 Å². The minimum atomic E-state index is -3.87. The van der Waals surface area contributed by atoms with E-state index in [1.165, 1.54) is 17.9 Å². The molecule has 1 atom stereocenters. The van der Waals surface area contributed by atoms with E-state index in [1.54, 1.807) is 37.3 Å². The molecule has 2 aromatic carbocycles. The van der Waals surface area contributed by atoms with Crippen LogP contribution in [0.1, 0.15) is 51.5 Å². The molecule has 0 unspecified atom stereocenters. The zero-order valence-electron chi connectivity index (χ0n) is 22.0. The highest BCUT2D eigenvalue weighted by Gasteiger charge is 2.33.